The summed E-state index contributed by atoms with van der Waals surface area (Å²) in [5.41, 5.74) is 2.67. The Balaban J connectivity index is 2.10. The van der Waals surface area contributed by atoms with Gasteiger partial charge >= 0.3 is 0 Å². The second-order valence-corrected chi connectivity index (χ2v) is 4.72. The highest BCUT2D eigenvalue weighted by atomic mass is 15.2. The summed E-state index contributed by atoms with van der Waals surface area (Å²) >= 11 is 0. The second-order valence-electron chi connectivity index (χ2n) is 4.72. The standard InChI is InChI=1S/C14H21N3/c1-11-5-4-8-17(10-11)14-7-6-13(9-16-14)12(2)15-3/h5-7,9,12,15H,4,8,10H2,1-3H3. The minimum Gasteiger partial charge on any atom is -0.352 e. The summed E-state index contributed by atoms with van der Waals surface area (Å²) in [4.78, 5) is 6.90. The molecule has 0 spiro atoms. The van der Waals surface area contributed by atoms with Crippen LogP contribution >= 0.6 is 0 Å². The Kier molecular flexibility index (Phi) is 3.79. The number of nitrogens with zero attached hydrogens (tertiary/aromatic N) is 2. The van der Waals surface area contributed by atoms with Gasteiger partial charge < -0.3 is 10.2 Å². The molecule has 0 amide bonds. The molecule has 1 aliphatic rings. The molecule has 1 unspecified atom stereocenters. The van der Waals surface area contributed by atoms with Crippen LogP contribution in [0, 0.1) is 0 Å². The average molecular weight is 231 g/mol. The lowest BCUT2D eigenvalue weighted by atomic mass is 10.1. The Labute approximate surface area is 104 Å². The predicted molar refractivity (Wildman–Crippen MR) is 72.3 cm³/mol. The van der Waals surface area contributed by atoms with Crippen LogP contribution in [0.15, 0.2) is 30.0 Å². The zero-order valence-corrected chi connectivity index (χ0v) is 10.9. The smallest absolute Gasteiger partial charge is 0.128 e. The van der Waals surface area contributed by atoms with Crippen molar-refractivity contribution in [2.24, 2.45) is 0 Å². The van der Waals surface area contributed by atoms with E-state index in [2.05, 4.69) is 47.3 Å². The monoisotopic (exact) mass is 231 g/mol. The molecule has 0 radical (unpaired) electrons. The van der Waals surface area contributed by atoms with Crippen molar-refractivity contribution in [3.8, 4) is 0 Å². The average Bonchev–Trinajstić information content (AvgIpc) is 2.38. The van der Waals surface area contributed by atoms with Crippen molar-refractivity contribution >= 4 is 5.82 Å². The summed E-state index contributed by atoms with van der Waals surface area (Å²) in [5, 5.41) is 3.22. The first-order valence-corrected chi connectivity index (χ1v) is 6.24. The fraction of sp³-hybridized carbons (Fsp3) is 0.500. The Hall–Kier alpha value is -1.35. The molecule has 92 valence electrons. The van der Waals surface area contributed by atoms with Crippen molar-refractivity contribution in [2.45, 2.75) is 26.3 Å². The third-order valence-electron chi connectivity index (χ3n) is 3.36. The van der Waals surface area contributed by atoms with Gasteiger partial charge in [-0.2, -0.15) is 0 Å². The molecule has 1 aromatic rings. The van der Waals surface area contributed by atoms with Crippen molar-refractivity contribution < 1.29 is 0 Å². The summed E-state index contributed by atoms with van der Waals surface area (Å²) in [6, 6.07) is 4.65. The largest absolute Gasteiger partial charge is 0.352 e. The molecule has 2 rings (SSSR count). The first-order chi connectivity index (χ1) is 8.20. The van der Waals surface area contributed by atoms with Crippen LogP contribution in [0.1, 0.15) is 31.9 Å². The number of nitrogens with one attached hydrogen (secondary N) is 1. The molecule has 3 heteroatoms. The van der Waals surface area contributed by atoms with E-state index in [1.165, 1.54) is 11.1 Å². The minimum atomic E-state index is 0.361. The van der Waals surface area contributed by atoms with Gasteiger partial charge in [0.05, 0.1) is 0 Å². The molecule has 1 atom stereocenters. The summed E-state index contributed by atoms with van der Waals surface area (Å²) in [6.45, 7) is 6.41. The quantitative estimate of drug-likeness (QED) is 0.810. The van der Waals surface area contributed by atoms with E-state index in [9.17, 15) is 0 Å². The van der Waals surface area contributed by atoms with Crippen LogP contribution in [0.3, 0.4) is 0 Å². The third-order valence-corrected chi connectivity index (χ3v) is 3.36. The topological polar surface area (TPSA) is 28.2 Å². The van der Waals surface area contributed by atoms with E-state index in [0.29, 0.717) is 6.04 Å². The fourth-order valence-electron chi connectivity index (χ4n) is 2.11. The maximum absolute atomic E-state index is 4.56. The summed E-state index contributed by atoms with van der Waals surface area (Å²) in [6.07, 6.45) is 5.42. The van der Waals surface area contributed by atoms with Gasteiger partial charge in [-0.15, -0.1) is 0 Å². The van der Waals surface area contributed by atoms with E-state index in [4.69, 9.17) is 0 Å². The van der Waals surface area contributed by atoms with Crippen LogP contribution < -0.4 is 10.2 Å². The van der Waals surface area contributed by atoms with Crippen LogP contribution in [0.5, 0.6) is 0 Å². The molecule has 0 saturated heterocycles. The molecule has 0 aliphatic carbocycles. The van der Waals surface area contributed by atoms with Crippen molar-refractivity contribution in [2.75, 3.05) is 25.0 Å². The van der Waals surface area contributed by atoms with Crippen molar-refractivity contribution in [1.29, 1.82) is 0 Å². The van der Waals surface area contributed by atoms with Gasteiger partial charge in [0.1, 0.15) is 5.82 Å². The van der Waals surface area contributed by atoms with E-state index in [1.807, 2.05) is 13.2 Å². The van der Waals surface area contributed by atoms with Crippen molar-refractivity contribution in [3.05, 3.63) is 35.5 Å². The van der Waals surface area contributed by atoms with E-state index in [1.54, 1.807) is 0 Å². The lowest BCUT2D eigenvalue weighted by molar-refractivity contribution is 0.649. The highest BCUT2D eigenvalue weighted by molar-refractivity contribution is 5.42. The molecule has 1 aliphatic heterocycles. The lowest BCUT2D eigenvalue weighted by Crippen LogP contribution is -2.29. The normalized spacial score (nSPS) is 17.8. The Morgan fingerprint density at radius 3 is 2.82 bits per heavy atom. The first-order valence-electron chi connectivity index (χ1n) is 6.24. The number of hydrogen-bond donors (Lipinski definition) is 1. The molecule has 17 heavy (non-hydrogen) atoms. The Morgan fingerprint density at radius 2 is 2.24 bits per heavy atom. The molecule has 0 saturated carbocycles. The van der Waals surface area contributed by atoms with Gasteiger partial charge in [0.15, 0.2) is 0 Å². The highest BCUT2D eigenvalue weighted by Crippen LogP contribution is 2.19. The first kappa shape index (κ1) is 12.1. The zero-order valence-electron chi connectivity index (χ0n) is 10.9. The summed E-state index contributed by atoms with van der Waals surface area (Å²) in [7, 11) is 1.97. The molecule has 0 aromatic carbocycles. The maximum atomic E-state index is 4.56. The molecule has 1 aromatic heterocycles. The second kappa shape index (κ2) is 5.32. The van der Waals surface area contributed by atoms with Crippen LogP contribution in [0.2, 0.25) is 0 Å². The number of rotatable bonds is 3. The molecule has 0 fully saturated rings. The van der Waals surface area contributed by atoms with Gasteiger partial charge in [0.25, 0.3) is 0 Å². The Morgan fingerprint density at radius 1 is 1.41 bits per heavy atom. The van der Waals surface area contributed by atoms with E-state index in [-0.39, 0.29) is 0 Å². The molecule has 1 N–H and O–H groups in total. The van der Waals surface area contributed by atoms with Crippen LogP contribution in [0.4, 0.5) is 5.82 Å². The summed E-state index contributed by atoms with van der Waals surface area (Å²) < 4.78 is 0. The zero-order chi connectivity index (χ0) is 12.3. The van der Waals surface area contributed by atoms with Gasteiger partial charge in [0, 0.05) is 25.3 Å². The molecule has 3 nitrogen and oxygen atoms in total. The lowest BCUT2D eigenvalue weighted by Gasteiger charge is -2.27. The summed E-state index contributed by atoms with van der Waals surface area (Å²) in [5.74, 6) is 1.09. The molecular formula is C14H21N3. The van der Waals surface area contributed by atoms with E-state index < -0.39 is 0 Å². The SMILES string of the molecule is CNC(C)c1ccc(N2CCC=C(C)C2)nc1. The van der Waals surface area contributed by atoms with Gasteiger partial charge in [-0.3, -0.25) is 0 Å². The number of hydrogen-bond acceptors (Lipinski definition) is 3. The molecule has 0 bridgehead atoms. The molecular weight excluding hydrogens is 210 g/mol. The van der Waals surface area contributed by atoms with Gasteiger partial charge in [-0.05, 0) is 38.9 Å². The minimum absolute atomic E-state index is 0.361. The number of anilines is 1. The van der Waals surface area contributed by atoms with Crippen LogP contribution in [-0.4, -0.2) is 25.1 Å². The maximum Gasteiger partial charge on any atom is 0.128 e. The highest BCUT2D eigenvalue weighted by Gasteiger charge is 2.12. The van der Waals surface area contributed by atoms with E-state index >= 15 is 0 Å². The van der Waals surface area contributed by atoms with Gasteiger partial charge in [-0.25, -0.2) is 4.98 Å². The van der Waals surface area contributed by atoms with Gasteiger partial charge in [0.2, 0.25) is 0 Å². The van der Waals surface area contributed by atoms with Crippen molar-refractivity contribution in [3.63, 3.8) is 0 Å². The van der Waals surface area contributed by atoms with Crippen LogP contribution in [0.25, 0.3) is 0 Å². The Bertz CT molecular complexity index is 394. The molecule has 2 heterocycles. The van der Waals surface area contributed by atoms with Crippen molar-refractivity contribution in [1.82, 2.24) is 10.3 Å². The predicted octanol–water partition coefficient (Wildman–Crippen LogP) is 2.52. The third kappa shape index (κ3) is 2.86. The van der Waals surface area contributed by atoms with Gasteiger partial charge in [-0.1, -0.05) is 17.7 Å². The number of aromatic nitrogens is 1. The number of pyridine rings is 1. The fourth-order valence-corrected chi connectivity index (χ4v) is 2.11. The van der Waals surface area contributed by atoms with E-state index in [0.717, 1.165) is 25.3 Å². The van der Waals surface area contributed by atoms with Crippen LogP contribution in [-0.2, 0) is 0 Å².